The Balaban J connectivity index is 2.62. The van der Waals surface area contributed by atoms with Crippen LogP contribution in [0.15, 0.2) is 0 Å². The lowest BCUT2D eigenvalue weighted by atomic mass is 10.0. The molecule has 4 nitrogen and oxygen atoms in total. The maximum Gasteiger partial charge on any atom is 0.214 e. The molecule has 1 rings (SSSR count). The first-order valence-electron chi connectivity index (χ1n) is 5.72. The first-order valence-corrected chi connectivity index (χ1v) is 7.33. The van der Waals surface area contributed by atoms with Gasteiger partial charge in [0.1, 0.15) is 0 Å². The minimum Gasteiger partial charge on any atom is -0.328 e. The van der Waals surface area contributed by atoms with Crippen molar-refractivity contribution in [1.82, 2.24) is 4.31 Å². The van der Waals surface area contributed by atoms with Gasteiger partial charge < -0.3 is 5.73 Å². The van der Waals surface area contributed by atoms with Gasteiger partial charge in [-0.15, -0.1) is 0 Å². The highest BCUT2D eigenvalue weighted by atomic mass is 32.2. The molecule has 0 aliphatic carbocycles. The van der Waals surface area contributed by atoms with Crippen molar-refractivity contribution >= 4 is 10.0 Å². The zero-order chi connectivity index (χ0) is 11.5. The fourth-order valence-electron chi connectivity index (χ4n) is 2.04. The van der Waals surface area contributed by atoms with Gasteiger partial charge in [0.05, 0.1) is 5.75 Å². The van der Waals surface area contributed by atoms with E-state index in [9.17, 15) is 8.42 Å². The number of rotatable bonds is 4. The van der Waals surface area contributed by atoms with Crippen molar-refractivity contribution in [2.75, 3.05) is 12.3 Å². The van der Waals surface area contributed by atoms with Crippen LogP contribution in [0.4, 0.5) is 0 Å². The van der Waals surface area contributed by atoms with Crippen LogP contribution in [0.3, 0.4) is 0 Å². The summed E-state index contributed by atoms with van der Waals surface area (Å²) in [5, 5.41) is 0. The van der Waals surface area contributed by atoms with Crippen LogP contribution in [0.5, 0.6) is 0 Å². The Labute approximate surface area is 92.9 Å². The predicted octanol–water partition coefficient (Wildman–Crippen LogP) is 0.928. The summed E-state index contributed by atoms with van der Waals surface area (Å²) >= 11 is 0. The molecular weight excluding hydrogens is 212 g/mol. The molecule has 1 saturated heterocycles. The molecule has 0 aromatic carbocycles. The molecule has 1 aliphatic heterocycles. The largest absolute Gasteiger partial charge is 0.328 e. The van der Waals surface area contributed by atoms with E-state index in [1.54, 1.807) is 4.31 Å². The van der Waals surface area contributed by atoms with Crippen molar-refractivity contribution in [3.63, 3.8) is 0 Å². The van der Waals surface area contributed by atoms with Crippen LogP contribution < -0.4 is 5.73 Å². The van der Waals surface area contributed by atoms with Gasteiger partial charge >= 0.3 is 0 Å². The Hall–Kier alpha value is -0.130. The van der Waals surface area contributed by atoms with Crippen LogP contribution in [0.2, 0.25) is 0 Å². The third-order valence-corrected chi connectivity index (χ3v) is 5.03. The first-order chi connectivity index (χ1) is 6.97. The van der Waals surface area contributed by atoms with Crippen LogP contribution in [-0.2, 0) is 10.0 Å². The molecule has 15 heavy (non-hydrogen) atoms. The molecule has 0 saturated carbocycles. The Morgan fingerprint density at radius 3 is 2.67 bits per heavy atom. The summed E-state index contributed by atoms with van der Waals surface area (Å²) in [4.78, 5) is 0. The molecule has 90 valence electrons. The van der Waals surface area contributed by atoms with Crippen LogP contribution in [0, 0.1) is 0 Å². The fraction of sp³-hybridized carbons (Fsp3) is 1.00. The molecule has 1 fully saturated rings. The molecule has 2 N–H and O–H groups in total. The molecule has 0 amide bonds. The Bertz CT molecular complexity index is 290. The van der Waals surface area contributed by atoms with Crippen LogP contribution >= 0.6 is 0 Å². The van der Waals surface area contributed by atoms with Crippen LogP contribution in [0.1, 0.15) is 39.5 Å². The van der Waals surface area contributed by atoms with E-state index in [0.717, 1.165) is 25.7 Å². The lowest BCUT2D eigenvalue weighted by Crippen LogP contribution is -2.48. The quantitative estimate of drug-likeness (QED) is 0.787. The van der Waals surface area contributed by atoms with Gasteiger partial charge in [-0.25, -0.2) is 8.42 Å². The molecule has 0 aromatic rings. The van der Waals surface area contributed by atoms with Gasteiger partial charge in [0.2, 0.25) is 10.0 Å². The number of piperidine rings is 1. The lowest BCUT2D eigenvalue weighted by Gasteiger charge is -2.35. The second kappa shape index (κ2) is 5.27. The average Bonchev–Trinajstić information content (AvgIpc) is 2.14. The highest BCUT2D eigenvalue weighted by Gasteiger charge is 2.31. The van der Waals surface area contributed by atoms with E-state index in [4.69, 9.17) is 5.73 Å². The van der Waals surface area contributed by atoms with Crippen molar-refractivity contribution in [2.24, 2.45) is 5.73 Å². The van der Waals surface area contributed by atoms with Gasteiger partial charge in [0, 0.05) is 18.6 Å². The van der Waals surface area contributed by atoms with E-state index in [2.05, 4.69) is 0 Å². The highest BCUT2D eigenvalue weighted by molar-refractivity contribution is 7.89. The maximum absolute atomic E-state index is 11.9. The Kier molecular flexibility index (Phi) is 4.55. The van der Waals surface area contributed by atoms with E-state index in [-0.39, 0.29) is 17.8 Å². The smallest absolute Gasteiger partial charge is 0.214 e. The van der Waals surface area contributed by atoms with E-state index in [1.807, 2.05) is 13.8 Å². The van der Waals surface area contributed by atoms with Crippen LogP contribution in [0.25, 0.3) is 0 Å². The maximum atomic E-state index is 11.9. The van der Waals surface area contributed by atoms with Crippen molar-refractivity contribution in [2.45, 2.75) is 51.6 Å². The van der Waals surface area contributed by atoms with Crippen molar-refractivity contribution in [3.8, 4) is 0 Å². The summed E-state index contributed by atoms with van der Waals surface area (Å²) in [6, 6.07) is 0.230. The second-order valence-corrected chi connectivity index (χ2v) is 6.45. The van der Waals surface area contributed by atoms with Gasteiger partial charge in [-0.3, -0.25) is 0 Å². The zero-order valence-corrected chi connectivity index (χ0v) is 10.5. The normalized spacial score (nSPS) is 29.3. The summed E-state index contributed by atoms with van der Waals surface area (Å²) in [6.45, 7) is 4.54. The molecule has 0 aromatic heterocycles. The van der Waals surface area contributed by atoms with Gasteiger partial charge in [-0.1, -0.05) is 13.3 Å². The number of sulfonamides is 1. The number of hydrogen-bond donors (Lipinski definition) is 1. The summed E-state index contributed by atoms with van der Waals surface area (Å²) in [5.41, 5.74) is 5.81. The summed E-state index contributed by atoms with van der Waals surface area (Å²) in [7, 11) is -3.04. The highest BCUT2D eigenvalue weighted by Crippen LogP contribution is 2.20. The van der Waals surface area contributed by atoms with E-state index >= 15 is 0 Å². The van der Waals surface area contributed by atoms with E-state index in [0.29, 0.717) is 6.54 Å². The topological polar surface area (TPSA) is 63.4 Å². The lowest BCUT2D eigenvalue weighted by molar-refractivity contribution is 0.247. The minimum atomic E-state index is -3.04. The molecule has 1 heterocycles. The molecule has 5 heteroatoms. The third kappa shape index (κ3) is 3.43. The van der Waals surface area contributed by atoms with E-state index in [1.165, 1.54) is 0 Å². The standard InChI is InChI=1S/C10H22N2O2S/c1-3-4-7-15(13,14)12-6-5-10(11)8-9(12)2/h9-10H,3-8,11H2,1-2H3. The first kappa shape index (κ1) is 12.9. The average molecular weight is 234 g/mol. The molecule has 0 spiro atoms. The van der Waals surface area contributed by atoms with Gasteiger partial charge in [0.25, 0.3) is 0 Å². The Morgan fingerprint density at radius 1 is 1.47 bits per heavy atom. The number of nitrogens with zero attached hydrogens (tertiary/aromatic N) is 1. The van der Waals surface area contributed by atoms with Gasteiger partial charge in [-0.05, 0) is 26.2 Å². The molecular formula is C10H22N2O2S. The molecule has 0 radical (unpaired) electrons. The second-order valence-electron chi connectivity index (χ2n) is 4.41. The summed E-state index contributed by atoms with van der Waals surface area (Å²) < 4.78 is 25.5. The zero-order valence-electron chi connectivity index (χ0n) is 9.65. The molecule has 2 atom stereocenters. The van der Waals surface area contributed by atoms with Gasteiger partial charge in [0.15, 0.2) is 0 Å². The predicted molar refractivity (Wildman–Crippen MR) is 62.1 cm³/mol. The number of hydrogen-bond acceptors (Lipinski definition) is 3. The van der Waals surface area contributed by atoms with E-state index < -0.39 is 10.0 Å². The third-order valence-electron chi connectivity index (χ3n) is 2.97. The van der Waals surface area contributed by atoms with Crippen LogP contribution in [-0.4, -0.2) is 37.1 Å². The van der Waals surface area contributed by atoms with Crippen molar-refractivity contribution in [3.05, 3.63) is 0 Å². The van der Waals surface area contributed by atoms with Crippen molar-refractivity contribution in [1.29, 1.82) is 0 Å². The summed E-state index contributed by atoms with van der Waals surface area (Å²) in [5.74, 6) is 0.281. The summed E-state index contributed by atoms with van der Waals surface area (Å²) in [6.07, 6.45) is 3.24. The fourth-order valence-corrected chi connectivity index (χ4v) is 3.95. The molecule has 1 aliphatic rings. The minimum absolute atomic E-state index is 0.0654. The monoisotopic (exact) mass is 234 g/mol. The molecule has 2 unspecified atom stereocenters. The number of unbranched alkanes of at least 4 members (excludes halogenated alkanes) is 1. The SMILES string of the molecule is CCCCS(=O)(=O)N1CCC(N)CC1C. The number of nitrogens with two attached hydrogens (primary N) is 1. The van der Waals surface area contributed by atoms with Gasteiger partial charge in [-0.2, -0.15) is 4.31 Å². The molecule has 0 bridgehead atoms. The van der Waals surface area contributed by atoms with Crippen molar-refractivity contribution < 1.29 is 8.42 Å². The Morgan fingerprint density at radius 2 is 2.13 bits per heavy atom.